The first-order valence-corrected chi connectivity index (χ1v) is 8.87. The number of hydrogen-bond donors (Lipinski definition) is 5. The minimum atomic E-state index is -0.781. The quantitative estimate of drug-likeness (QED) is 0.200. The number of carbonyl (C=O) groups excluding carboxylic acids is 1. The second-order valence-corrected chi connectivity index (χ2v) is 6.19. The minimum Gasteiger partial charge on any atom is -0.489 e. The lowest BCUT2D eigenvalue weighted by Crippen LogP contribution is -2.47. The van der Waals surface area contributed by atoms with Crippen LogP contribution < -0.4 is 31.4 Å². The number of aromatic nitrogens is 2. The summed E-state index contributed by atoms with van der Waals surface area (Å²) in [5.74, 6) is 5.91. The number of rotatable bonds is 11. The molecule has 1 aromatic heterocycles. The van der Waals surface area contributed by atoms with E-state index >= 15 is 0 Å². The maximum Gasteiger partial charge on any atom is 0.259 e. The van der Waals surface area contributed by atoms with E-state index in [-0.39, 0.29) is 37.7 Å². The smallest absolute Gasteiger partial charge is 0.259 e. The molecule has 1 aromatic carbocycles. The van der Waals surface area contributed by atoms with E-state index in [1.807, 2.05) is 0 Å². The van der Waals surface area contributed by atoms with Crippen LogP contribution in [0.2, 0.25) is 5.02 Å². The molecule has 152 valence electrons. The van der Waals surface area contributed by atoms with Crippen LogP contribution in [0.25, 0.3) is 0 Å². The lowest BCUT2D eigenvalue weighted by atomic mass is 10.3. The van der Waals surface area contributed by atoms with E-state index in [9.17, 15) is 9.90 Å². The van der Waals surface area contributed by atoms with Gasteiger partial charge in [0.2, 0.25) is 5.88 Å². The van der Waals surface area contributed by atoms with Gasteiger partial charge in [0.25, 0.3) is 5.91 Å². The minimum absolute atomic E-state index is 0.0623. The summed E-state index contributed by atoms with van der Waals surface area (Å²) in [6.45, 7) is 1.79. The number of hydrazine groups is 1. The van der Waals surface area contributed by atoms with Gasteiger partial charge >= 0.3 is 0 Å². The molecule has 0 aliphatic carbocycles. The topological polar surface area (TPSA) is 144 Å². The van der Waals surface area contributed by atoms with Gasteiger partial charge in [0.1, 0.15) is 18.5 Å². The Labute approximate surface area is 167 Å². The number of benzene rings is 1. The van der Waals surface area contributed by atoms with Crippen molar-refractivity contribution >= 4 is 23.3 Å². The van der Waals surface area contributed by atoms with Gasteiger partial charge in [-0.25, -0.2) is 5.84 Å². The third-order valence-corrected chi connectivity index (χ3v) is 3.76. The molecule has 0 aliphatic heterocycles. The number of hydrogen-bond acceptors (Lipinski definition) is 9. The number of nitrogens with one attached hydrogen (secondary N) is 3. The van der Waals surface area contributed by atoms with Crippen LogP contribution in [-0.4, -0.2) is 53.2 Å². The van der Waals surface area contributed by atoms with Crippen LogP contribution >= 0.6 is 11.6 Å². The Morgan fingerprint density at radius 2 is 2.04 bits per heavy atom. The zero-order chi connectivity index (χ0) is 20.4. The van der Waals surface area contributed by atoms with E-state index in [4.69, 9.17) is 26.9 Å². The van der Waals surface area contributed by atoms with E-state index in [0.29, 0.717) is 16.6 Å². The van der Waals surface area contributed by atoms with Crippen molar-refractivity contribution in [3.05, 3.63) is 41.4 Å². The largest absolute Gasteiger partial charge is 0.489 e. The number of aliphatic hydroxyl groups excluding tert-OH is 1. The molecule has 11 heteroatoms. The Morgan fingerprint density at radius 3 is 2.71 bits per heavy atom. The van der Waals surface area contributed by atoms with Crippen LogP contribution in [0.3, 0.4) is 0 Å². The molecule has 2 unspecified atom stereocenters. The number of carbonyl (C=O) groups is 1. The fraction of sp³-hybridized carbons (Fsp3) is 0.353. The van der Waals surface area contributed by atoms with Crippen molar-refractivity contribution in [2.24, 2.45) is 5.84 Å². The summed E-state index contributed by atoms with van der Waals surface area (Å²) < 4.78 is 10.7. The summed E-state index contributed by atoms with van der Waals surface area (Å²) in [4.78, 5) is 11.9. The zero-order valence-electron chi connectivity index (χ0n) is 15.3. The van der Waals surface area contributed by atoms with E-state index in [1.165, 1.54) is 6.07 Å². The first kappa shape index (κ1) is 21.6. The average molecular weight is 411 g/mol. The second kappa shape index (κ2) is 11.2. The van der Waals surface area contributed by atoms with Crippen LogP contribution in [0.15, 0.2) is 36.4 Å². The van der Waals surface area contributed by atoms with Gasteiger partial charge in [-0.15, -0.1) is 10.2 Å². The second-order valence-electron chi connectivity index (χ2n) is 5.78. The van der Waals surface area contributed by atoms with E-state index in [0.717, 1.165) is 0 Å². The first-order chi connectivity index (χ1) is 13.5. The molecule has 0 fully saturated rings. The summed E-state index contributed by atoms with van der Waals surface area (Å²) >= 11 is 5.98. The number of halogens is 1. The third kappa shape index (κ3) is 7.53. The van der Waals surface area contributed by atoms with Crippen molar-refractivity contribution in [2.45, 2.75) is 19.2 Å². The number of nitrogens with zero attached hydrogens (tertiary/aromatic N) is 2. The predicted molar refractivity (Wildman–Crippen MR) is 104 cm³/mol. The Balaban J connectivity index is 1.63. The van der Waals surface area contributed by atoms with Gasteiger partial charge in [-0.05, 0) is 25.1 Å². The molecule has 0 spiro atoms. The molecule has 2 aromatic rings. The number of ether oxygens (including phenoxy) is 2. The monoisotopic (exact) mass is 410 g/mol. The van der Waals surface area contributed by atoms with Crippen molar-refractivity contribution in [3.8, 4) is 11.6 Å². The summed E-state index contributed by atoms with van der Waals surface area (Å²) in [5, 5.41) is 23.6. The standard InChI is InChI=1S/C17H23ClN6O4/c1-11(20-8-12(25)9-27-14-5-3-2-4-13(14)18)21-16(26)10-28-17-7-6-15(22-19)23-24-17/h2-7,11-12,20,25H,8-10,19H2,1H3,(H,21,26)(H,22,23). The Morgan fingerprint density at radius 1 is 1.25 bits per heavy atom. The van der Waals surface area contributed by atoms with E-state index in [2.05, 4.69) is 26.3 Å². The molecule has 0 saturated heterocycles. The number of para-hydroxylation sites is 1. The fourth-order valence-corrected chi connectivity index (χ4v) is 2.26. The third-order valence-electron chi connectivity index (χ3n) is 3.44. The molecule has 1 amide bonds. The molecular formula is C17H23ClN6O4. The van der Waals surface area contributed by atoms with Crippen LogP contribution in [0.4, 0.5) is 5.82 Å². The molecule has 1 heterocycles. The highest BCUT2D eigenvalue weighted by molar-refractivity contribution is 6.32. The molecule has 2 atom stereocenters. The molecule has 0 radical (unpaired) electrons. The molecule has 0 saturated carbocycles. The number of aliphatic hydroxyl groups is 1. The van der Waals surface area contributed by atoms with E-state index < -0.39 is 6.10 Å². The average Bonchev–Trinajstić information content (AvgIpc) is 2.70. The SMILES string of the molecule is CC(NCC(O)COc1ccccc1Cl)NC(=O)COc1ccc(NN)nn1. The van der Waals surface area contributed by atoms with Crippen LogP contribution in [-0.2, 0) is 4.79 Å². The van der Waals surface area contributed by atoms with Gasteiger partial charge in [0, 0.05) is 12.6 Å². The van der Waals surface area contributed by atoms with Crippen LogP contribution in [0, 0.1) is 0 Å². The zero-order valence-corrected chi connectivity index (χ0v) is 16.0. The Bertz CT molecular complexity index is 749. The van der Waals surface area contributed by atoms with Crippen LogP contribution in [0.5, 0.6) is 11.6 Å². The molecule has 28 heavy (non-hydrogen) atoms. The van der Waals surface area contributed by atoms with Gasteiger partial charge in [-0.2, -0.15) is 0 Å². The molecule has 2 rings (SSSR count). The van der Waals surface area contributed by atoms with Crippen molar-refractivity contribution in [2.75, 3.05) is 25.2 Å². The molecule has 6 N–H and O–H groups in total. The summed E-state index contributed by atoms with van der Waals surface area (Å²) in [6, 6.07) is 10.1. The summed E-state index contributed by atoms with van der Waals surface area (Å²) in [6.07, 6.45) is -1.17. The Kier molecular flexibility index (Phi) is 8.69. The number of nitrogen functional groups attached to an aromatic ring is 1. The number of anilines is 1. The van der Waals surface area contributed by atoms with Gasteiger partial charge in [-0.1, -0.05) is 23.7 Å². The van der Waals surface area contributed by atoms with Crippen molar-refractivity contribution in [1.29, 1.82) is 0 Å². The van der Waals surface area contributed by atoms with E-state index in [1.54, 1.807) is 37.3 Å². The maximum atomic E-state index is 11.9. The van der Waals surface area contributed by atoms with Gasteiger partial charge in [0.05, 0.1) is 11.2 Å². The van der Waals surface area contributed by atoms with Crippen molar-refractivity contribution in [3.63, 3.8) is 0 Å². The fourth-order valence-electron chi connectivity index (χ4n) is 2.07. The first-order valence-electron chi connectivity index (χ1n) is 8.49. The highest BCUT2D eigenvalue weighted by Gasteiger charge is 2.12. The summed E-state index contributed by atoms with van der Waals surface area (Å²) in [5.41, 5.74) is 2.34. The normalized spacial score (nSPS) is 12.7. The molecule has 0 aliphatic rings. The molecule has 10 nitrogen and oxygen atoms in total. The lowest BCUT2D eigenvalue weighted by molar-refractivity contribution is -0.124. The predicted octanol–water partition coefficient (Wildman–Crippen LogP) is 0.286. The maximum absolute atomic E-state index is 11.9. The number of nitrogens with two attached hydrogens (primary N) is 1. The van der Waals surface area contributed by atoms with Gasteiger partial charge in [-0.3, -0.25) is 10.1 Å². The van der Waals surface area contributed by atoms with Crippen molar-refractivity contribution < 1.29 is 19.4 Å². The number of amides is 1. The molecular weight excluding hydrogens is 388 g/mol. The van der Waals surface area contributed by atoms with Gasteiger partial charge < -0.3 is 25.3 Å². The van der Waals surface area contributed by atoms with Gasteiger partial charge in [0.15, 0.2) is 12.4 Å². The van der Waals surface area contributed by atoms with Crippen molar-refractivity contribution in [1.82, 2.24) is 20.8 Å². The Hall–Kier alpha value is -2.66. The summed E-state index contributed by atoms with van der Waals surface area (Å²) in [7, 11) is 0. The van der Waals surface area contributed by atoms with Crippen LogP contribution in [0.1, 0.15) is 6.92 Å². The molecule has 0 bridgehead atoms. The highest BCUT2D eigenvalue weighted by Crippen LogP contribution is 2.23. The lowest BCUT2D eigenvalue weighted by Gasteiger charge is -2.19. The highest BCUT2D eigenvalue weighted by atomic mass is 35.5.